The summed E-state index contributed by atoms with van der Waals surface area (Å²) in [6, 6.07) is 16.3. The molecule has 9 nitrogen and oxygen atoms in total. The lowest BCUT2D eigenvalue weighted by Gasteiger charge is -2.31. The van der Waals surface area contributed by atoms with Crippen LogP contribution in [0.3, 0.4) is 0 Å². The summed E-state index contributed by atoms with van der Waals surface area (Å²) in [5.74, 6) is -1.56. The molecule has 0 saturated carbocycles. The highest BCUT2D eigenvalue weighted by molar-refractivity contribution is 6.06. The SMILES string of the molecule is CCCN(C(=O)C1CC(=O)Nc2ccccc21)c1c(N)n(Cc2ccccc2)c(=O)[nH]c1=O. The second kappa shape index (κ2) is 9.15. The van der Waals surface area contributed by atoms with Crippen molar-refractivity contribution in [1.29, 1.82) is 0 Å². The molecule has 4 rings (SSSR count). The fourth-order valence-corrected chi connectivity index (χ4v) is 4.14. The van der Waals surface area contributed by atoms with Crippen molar-refractivity contribution in [3.8, 4) is 0 Å². The quantitative estimate of drug-likeness (QED) is 0.532. The fraction of sp³-hybridized carbons (Fsp3) is 0.250. The van der Waals surface area contributed by atoms with Gasteiger partial charge in [0.25, 0.3) is 5.56 Å². The van der Waals surface area contributed by atoms with Gasteiger partial charge in [-0.05, 0) is 23.6 Å². The second-order valence-corrected chi connectivity index (χ2v) is 7.95. The summed E-state index contributed by atoms with van der Waals surface area (Å²) in [7, 11) is 0. The van der Waals surface area contributed by atoms with Gasteiger partial charge in [-0.2, -0.15) is 0 Å². The van der Waals surface area contributed by atoms with E-state index in [9.17, 15) is 19.2 Å². The summed E-state index contributed by atoms with van der Waals surface area (Å²) in [6.07, 6.45) is 0.501. The van der Waals surface area contributed by atoms with Crippen molar-refractivity contribution in [3.05, 3.63) is 86.6 Å². The van der Waals surface area contributed by atoms with Gasteiger partial charge in [0.15, 0.2) is 5.69 Å². The van der Waals surface area contributed by atoms with Crippen LogP contribution >= 0.6 is 0 Å². The van der Waals surface area contributed by atoms with Crippen LogP contribution in [0.2, 0.25) is 0 Å². The number of hydrogen-bond donors (Lipinski definition) is 3. The smallest absolute Gasteiger partial charge is 0.330 e. The number of hydrogen-bond acceptors (Lipinski definition) is 5. The maximum absolute atomic E-state index is 13.7. The van der Waals surface area contributed by atoms with Crippen LogP contribution in [0.15, 0.2) is 64.2 Å². The summed E-state index contributed by atoms with van der Waals surface area (Å²) in [4.78, 5) is 55.0. The lowest BCUT2D eigenvalue weighted by molar-refractivity contribution is -0.124. The number of aromatic nitrogens is 2. The molecule has 0 saturated heterocycles. The molecule has 1 aromatic heterocycles. The predicted molar refractivity (Wildman–Crippen MR) is 126 cm³/mol. The third-order valence-electron chi connectivity index (χ3n) is 5.68. The van der Waals surface area contributed by atoms with Crippen LogP contribution in [0.4, 0.5) is 17.2 Å². The molecule has 4 N–H and O–H groups in total. The minimum Gasteiger partial charge on any atom is -0.383 e. The summed E-state index contributed by atoms with van der Waals surface area (Å²) in [5, 5.41) is 2.77. The standard InChI is InChI=1S/C24H25N5O4/c1-2-12-28(23(32)17-13-19(30)26-18-11-7-6-10-16(17)18)20-21(25)29(24(33)27-22(20)31)14-15-8-4-3-5-9-15/h3-11,17H,2,12-14,25H2,1H3,(H,26,30)(H,27,31,33). The normalized spacial score (nSPS) is 14.9. The Balaban J connectivity index is 1.79. The molecule has 2 amide bonds. The maximum atomic E-state index is 13.7. The van der Waals surface area contributed by atoms with Crippen molar-refractivity contribution >= 4 is 29.0 Å². The number of nitrogens with one attached hydrogen (secondary N) is 2. The largest absolute Gasteiger partial charge is 0.383 e. The highest BCUT2D eigenvalue weighted by atomic mass is 16.2. The lowest BCUT2D eigenvalue weighted by atomic mass is 9.89. The Morgan fingerprint density at radius 3 is 2.52 bits per heavy atom. The molecule has 9 heteroatoms. The topological polar surface area (TPSA) is 130 Å². The van der Waals surface area contributed by atoms with Gasteiger partial charge in [0.2, 0.25) is 11.8 Å². The summed E-state index contributed by atoms with van der Waals surface area (Å²) in [6.45, 7) is 2.21. The molecular weight excluding hydrogens is 422 g/mol. The van der Waals surface area contributed by atoms with Crippen molar-refractivity contribution in [2.45, 2.75) is 32.2 Å². The number of nitrogens with two attached hydrogens (primary N) is 1. The van der Waals surface area contributed by atoms with Gasteiger partial charge >= 0.3 is 5.69 Å². The average Bonchev–Trinajstić information content (AvgIpc) is 2.80. The first-order valence-electron chi connectivity index (χ1n) is 10.8. The molecule has 0 spiro atoms. The number of rotatable bonds is 6. The molecule has 0 aliphatic carbocycles. The molecule has 3 aromatic rings. The number of carbonyl (C=O) groups excluding carboxylic acids is 2. The van der Waals surface area contributed by atoms with E-state index >= 15 is 0 Å². The zero-order chi connectivity index (χ0) is 23.5. The van der Waals surface area contributed by atoms with E-state index in [4.69, 9.17) is 5.73 Å². The van der Waals surface area contributed by atoms with Crippen molar-refractivity contribution in [1.82, 2.24) is 9.55 Å². The van der Waals surface area contributed by atoms with Gasteiger partial charge in [0.1, 0.15) is 5.82 Å². The van der Waals surface area contributed by atoms with Gasteiger partial charge in [-0.3, -0.25) is 23.9 Å². The van der Waals surface area contributed by atoms with Gasteiger partial charge in [-0.25, -0.2) is 4.79 Å². The molecule has 0 radical (unpaired) electrons. The average molecular weight is 447 g/mol. The molecule has 170 valence electrons. The molecule has 0 bridgehead atoms. The molecule has 2 heterocycles. The van der Waals surface area contributed by atoms with Gasteiger partial charge < -0.3 is 16.0 Å². The first-order chi connectivity index (χ1) is 15.9. The number of H-pyrrole nitrogens is 1. The molecule has 0 fully saturated rings. The zero-order valence-corrected chi connectivity index (χ0v) is 18.2. The van der Waals surface area contributed by atoms with E-state index < -0.39 is 23.1 Å². The van der Waals surface area contributed by atoms with Crippen LogP contribution in [-0.2, 0) is 16.1 Å². The monoisotopic (exact) mass is 447 g/mol. The number of fused-ring (bicyclic) bond motifs is 1. The Kier molecular flexibility index (Phi) is 6.12. The first-order valence-corrected chi connectivity index (χ1v) is 10.8. The van der Waals surface area contributed by atoms with E-state index in [0.717, 1.165) is 5.56 Å². The Morgan fingerprint density at radius 2 is 1.79 bits per heavy atom. The third-order valence-corrected chi connectivity index (χ3v) is 5.68. The molecule has 1 atom stereocenters. The minimum absolute atomic E-state index is 0.0441. The van der Waals surface area contributed by atoms with E-state index in [1.54, 1.807) is 24.3 Å². The highest BCUT2D eigenvalue weighted by Crippen LogP contribution is 2.34. The summed E-state index contributed by atoms with van der Waals surface area (Å²) in [5.41, 5.74) is 6.91. The van der Waals surface area contributed by atoms with Crippen molar-refractivity contribution in [3.63, 3.8) is 0 Å². The van der Waals surface area contributed by atoms with Gasteiger partial charge in [0.05, 0.1) is 12.5 Å². The zero-order valence-electron chi connectivity index (χ0n) is 18.2. The number of amides is 2. The maximum Gasteiger partial charge on any atom is 0.330 e. The van der Waals surface area contributed by atoms with Crippen molar-refractivity contribution in [2.24, 2.45) is 0 Å². The number of carbonyl (C=O) groups is 2. The van der Waals surface area contributed by atoms with E-state index in [1.807, 2.05) is 37.3 Å². The van der Waals surface area contributed by atoms with Gasteiger partial charge in [-0.15, -0.1) is 0 Å². The van der Waals surface area contributed by atoms with Crippen LogP contribution in [-0.4, -0.2) is 27.9 Å². The van der Waals surface area contributed by atoms with Crippen LogP contribution in [0.25, 0.3) is 0 Å². The Labute approximate surface area is 189 Å². The van der Waals surface area contributed by atoms with Gasteiger partial charge in [0, 0.05) is 18.7 Å². The predicted octanol–water partition coefficient (Wildman–Crippen LogP) is 2.04. The van der Waals surface area contributed by atoms with Gasteiger partial charge in [-0.1, -0.05) is 55.5 Å². The first kappa shape index (κ1) is 22.1. The molecule has 2 aromatic carbocycles. The van der Waals surface area contributed by atoms with Crippen molar-refractivity contribution in [2.75, 3.05) is 22.5 Å². The lowest BCUT2D eigenvalue weighted by Crippen LogP contribution is -2.44. The Hall–Kier alpha value is -4.14. The number of anilines is 3. The molecule has 33 heavy (non-hydrogen) atoms. The summed E-state index contributed by atoms with van der Waals surface area (Å²) >= 11 is 0. The van der Waals surface area contributed by atoms with Crippen LogP contribution < -0.4 is 27.2 Å². The third kappa shape index (κ3) is 4.30. The molecular formula is C24H25N5O4. The molecule has 1 unspecified atom stereocenters. The second-order valence-electron chi connectivity index (χ2n) is 7.95. The van der Waals surface area contributed by atoms with E-state index in [2.05, 4.69) is 10.3 Å². The minimum atomic E-state index is -0.769. The number of benzene rings is 2. The number of nitrogens with zero attached hydrogens (tertiary/aromatic N) is 2. The number of nitrogen functional groups attached to an aromatic ring is 1. The van der Waals surface area contributed by atoms with E-state index in [0.29, 0.717) is 17.7 Å². The summed E-state index contributed by atoms with van der Waals surface area (Å²) < 4.78 is 1.24. The Morgan fingerprint density at radius 1 is 1.09 bits per heavy atom. The number of para-hydroxylation sites is 1. The highest BCUT2D eigenvalue weighted by Gasteiger charge is 2.35. The van der Waals surface area contributed by atoms with E-state index in [-0.39, 0.29) is 36.9 Å². The van der Waals surface area contributed by atoms with Crippen LogP contribution in [0, 0.1) is 0 Å². The number of aromatic amines is 1. The van der Waals surface area contributed by atoms with Crippen LogP contribution in [0.1, 0.15) is 36.8 Å². The van der Waals surface area contributed by atoms with Crippen LogP contribution in [0.5, 0.6) is 0 Å². The van der Waals surface area contributed by atoms with Crippen molar-refractivity contribution < 1.29 is 9.59 Å². The Bertz CT molecular complexity index is 1310. The molecule has 1 aliphatic rings. The van der Waals surface area contributed by atoms with E-state index in [1.165, 1.54) is 9.47 Å². The fourth-order valence-electron chi connectivity index (χ4n) is 4.14. The molecule has 1 aliphatic heterocycles.